The second-order valence-electron chi connectivity index (χ2n) is 22.5. The topological polar surface area (TPSA) is 114 Å². The fourth-order valence-corrected chi connectivity index (χ4v) is 9.70. The van der Waals surface area contributed by atoms with Gasteiger partial charge < -0.3 is 28.5 Å². The van der Waals surface area contributed by atoms with E-state index in [9.17, 15) is 19.0 Å². The quantitative estimate of drug-likeness (QED) is 0.0212. The summed E-state index contributed by atoms with van der Waals surface area (Å²) in [5.74, 6) is -0.552. The minimum Gasteiger partial charge on any atom is -0.756 e. The molecule has 0 aromatic rings. The van der Waals surface area contributed by atoms with Crippen molar-refractivity contribution in [2.75, 3.05) is 40.9 Å². The first-order chi connectivity index (χ1) is 36.9. The number of allylic oxidation sites excluding steroid dienone is 11. The number of amides is 1. The summed E-state index contributed by atoms with van der Waals surface area (Å²) in [5.41, 5.74) is 0. The van der Waals surface area contributed by atoms with Crippen LogP contribution in [0.15, 0.2) is 72.9 Å². The number of rotatable bonds is 57. The number of unbranched alkanes of at least 4 members (excludes halogenated alkanes) is 31. The van der Waals surface area contributed by atoms with Gasteiger partial charge in [0.1, 0.15) is 19.3 Å². The van der Waals surface area contributed by atoms with Crippen LogP contribution < -0.4 is 10.2 Å². The van der Waals surface area contributed by atoms with Gasteiger partial charge in [0.25, 0.3) is 7.82 Å². The lowest BCUT2D eigenvalue weighted by molar-refractivity contribution is -0.870. The molecule has 0 aromatic carbocycles. The molecule has 0 rings (SSSR count). The molecule has 3 atom stereocenters. The number of carbonyl (C=O) groups excluding carboxylic acids is 2. The molecule has 0 saturated heterocycles. The van der Waals surface area contributed by atoms with Crippen LogP contribution in [-0.4, -0.2) is 69.4 Å². The van der Waals surface area contributed by atoms with Gasteiger partial charge in [-0.15, -0.1) is 0 Å². The van der Waals surface area contributed by atoms with Crippen LogP contribution in [0.4, 0.5) is 0 Å². The second-order valence-corrected chi connectivity index (χ2v) is 23.9. The fraction of sp³-hybridized carbons (Fsp3) is 0.788. The summed E-state index contributed by atoms with van der Waals surface area (Å²) in [6, 6.07) is -0.896. The van der Waals surface area contributed by atoms with Crippen LogP contribution in [0.1, 0.15) is 284 Å². The SMILES string of the molecule is CC/C=C/C/C=C/CCCCCCCCCC(=O)OC(/C=C\CCCCCCCCCCCCC)C(COP(=O)([O-])OCC[N+](C)(C)C)NC(=O)CCCCCCCCCCCC/C=C\C/C=C\C/C=C\CCCCC. The Morgan fingerprint density at radius 1 is 0.474 bits per heavy atom. The van der Waals surface area contributed by atoms with Gasteiger partial charge in [0.15, 0.2) is 0 Å². The Hall–Kier alpha value is -2.55. The van der Waals surface area contributed by atoms with Crippen LogP contribution in [-0.2, 0) is 27.9 Å². The molecule has 76 heavy (non-hydrogen) atoms. The highest BCUT2D eigenvalue weighted by molar-refractivity contribution is 7.45. The molecular formula is C66H121N2O7P. The molecular weight excluding hydrogens is 964 g/mol. The van der Waals surface area contributed by atoms with Crippen molar-refractivity contribution in [2.24, 2.45) is 0 Å². The molecule has 1 N–H and O–H groups in total. The Balaban J connectivity index is 5.20. The molecule has 0 aliphatic rings. The number of hydrogen-bond acceptors (Lipinski definition) is 7. The van der Waals surface area contributed by atoms with Gasteiger partial charge in [0, 0.05) is 12.8 Å². The molecule has 0 radical (unpaired) electrons. The standard InChI is InChI=1S/C66H121N2O7P/c1-7-10-13-16-19-22-25-28-30-31-32-33-34-35-36-37-38-40-43-46-49-52-55-58-65(69)67-63(62-74-76(71,72)73-61-60-68(4,5)6)64(57-54-51-48-45-42-39-27-24-21-18-15-12-9-3)75-66(70)59-56-53-50-47-44-41-29-26-23-20-17-14-11-8-2/h11,14,19-20,22-23,28,30,32-33,54,57,63-64H,7-10,12-13,15-18,21,24-27,29,31,34-53,55-56,58-62H2,1-6H3,(H-,67,69,71,72)/b14-11+,22-19-,23-20+,30-28-,33-32-,57-54-. The first-order valence-corrected chi connectivity index (χ1v) is 33.2. The molecule has 9 nitrogen and oxygen atoms in total. The van der Waals surface area contributed by atoms with E-state index in [0.717, 1.165) is 109 Å². The maximum Gasteiger partial charge on any atom is 0.306 e. The molecule has 0 saturated carbocycles. The maximum absolute atomic E-state index is 13.5. The lowest BCUT2D eigenvalue weighted by atomic mass is 10.0. The van der Waals surface area contributed by atoms with Crippen molar-refractivity contribution in [1.82, 2.24) is 5.32 Å². The number of likely N-dealkylation sites (N-methyl/N-ethyl adjacent to an activating group) is 1. The monoisotopic (exact) mass is 1080 g/mol. The Morgan fingerprint density at radius 3 is 1.29 bits per heavy atom. The largest absolute Gasteiger partial charge is 0.756 e. The van der Waals surface area contributed by atoms with Crippen molar-refractivity contribution in [3.8, 4) is 0 Å². The number of esters is 1. The number of ether oxygens (including phenoxy) is 1. The fourth-order valence-electron chi connectivity index (χ4n) is 8.98. The van der Waals surface area contributed by atoms with Crippen LogP contribution >= 0.6 is 7.82 Å². The Kier molecular flexibility index (Phi) is 53.9. The molecule has 442 valence electrons. The first-order valence-electron chi connectivity index (χ1n) is 31.7. The van der Waals surface area contributed by atoms with Gasteiger partial charge in [0.2, 0.25) is 5.91 Å². The molecule has 0 aliphatic carbocycles. The van der Waals surface area contributed by atoms with E-state index in [1.807, 2.05) is 33.3 Å². The zero-order chi connectivity index (χ0) is 55.7. The van der Waals surface area contributed by atoms with Crippen LogP contribution in [0.2, 0.25) is 0 Å². The van der Waals surface area contributed by atoms with E-state index in [2.05, 4.69) is 86.8 Å². The van der Waals surface area contributed by atoms with Crippen molar-refractivity contribution in [2.45, 2.75) is 296 Å². The molecule has 0 aliphatic heterocycles. The number of nitrogens with zero attached hydrogens (tertiary/aromatic N) is 1. The third-order valence-corrected chi connectivity index (χ3v) is 14.8. The molecule has 0 aromatic heterocycles. The summed E-state index contributed by atoms with van der Waals surface area (Å²) in [5, 5.41) is 3.03. The maximum atomic E-state index is 13.5. The number of carbonyl (C=O) groups is 2. The summed E-state index contributed by atoms with van der Waals surface area (Å²) < 4.78 is 30.3. The van der Waals surface area contributed by atoms with E-state index in [1.54, 1.807) is 0 Å². The van der Waals surface area contributed by atoms with Crippen molar-refractivity contribution in [1.29, 1.82) is 0 Å². The van der Waals surface area contributed by atoms with Crippen LogP contribution in [0.3, 0.4) is 0 Å². The summed E-state index contributed by atoms with van der Waals surface area (Å²) in [7, 11) is 1.18. The minimum absolute atomic E-state index is 0.0263. The average molecular weight is 1090 g/mol. The van der Waals surface area contributed by atoms with Crippen molar-refractivity contribution >= 4 is 19.7 Å². The van der Waals surface area contributed by atoms with Crippen LogP contribution in [0, 0.1) is 0 Å². The average Bonchev–Trinajstić information content (AvgIpc) is 3.38. The Morgan fingerprint density at radius 2 is 0.842 bits per heavy atom. The number of phosphoric ester groups is 1. The summed E-state index contributed by atoms with van der Waals surface area (Å²) in [6.45, 7) is 6.72. The third kappa shape index (κ3) is 56.2. The van der Waals surface area contributed by atoms with Crippen molar-refractivity contribution in [3.63, 3.8) is 0 Å². The normalized spacial score (nSPS) is 14.1. The Bertz CT molecular complexity index is 1530. The summed E-state index contributed by atoms with van der Waals surface area (Å²) in [4.78, 5) is 40.0. The van der Waals surface area contributed by atoms with Gasteiger partial charge in [-0.2, -0.15) is 0 Å². The smallest absolute Gasteiger partial charge is 0.306 e. The number of nitrogens with one attached hydrogen (secondary N) is 1. The van der Waals surface area contributed by atoms with E-state index in [1.165, 1.54) is 141 Å². The molecule has 0 fully saturated rings. The second kappa shape index (κ2) is 55.8. The van der Waals surface area contributed by atoms with E-state index >= 15 is 0 Å². The molecule has 0 spiro atoms. The lowest BCUT2D eigenvalue weighted by Gasteiger charge is -2.30. The van der Waals surface area contributed by atoms with E-state index in [4.69, 9.17) is 13.8 Å². The molecule has 0 bridgehead atoms. The molecule has 3 unspecified atom stereocenters. The van der Waals surface area contributed by atoms with Gasteiger partial charge in [-0.25, -0.2) is 0 Å². The highest BCUT2D eigenvalue weighted by Gasteiger charge is 2.27. The highest BCUT2D eigenvalue weighted by atomic mass is 31.2. The van der Waals surface area contributed by atoms with Crippen molar-refractivity contribution < 1.29 is 37.3 Å². The third-order valence-electron chi connectivity index (χ3n) is 13.9. The van der Waals surface area contributed by atoms with Crippen LogP contribution in [0.5, 0.6) is 0 Å². The Labute approximate surface area is 470 Å². The number of quaternary nitrogens is 1. The van der Waals surface area contributed by atoms with Crippen molar-refractivity contribution in [3.05, 3.63) is 72.9 Å². The number of hydrogen-bond donors (Lipinski definition) is 1. The molecule has 10 heteroatoms. The summed E-state index contributed by atoms with van der Waals surface area (Å²) in [6.07, 6.45) is 71.5. The minimum atomic E-state index is -4.70. The lowest BCUT2D eigenvalue weighted by Crippen LogP contribution is -2.47. The zero-order valence-electron chi connectivity index (χ0n) is 50.4. The van der Waals surface area contributed by atoms with Gasteiger partial charge in [-0.3, -0.25) is 14.2 Å². The molecule has 0 heterocycles. The van der Waals surface area contributed by atoms with Gasteiger partial charge in [0.05, 0.1) is 33.8 Å². The van der Waals surface area contributed by atoms with Gasteiger partial charge in [-0.1, -0.05) is 248 Å². The van der Waals surface area contributed by atoms with Gasteiger partial charge >= 0.3 is 5.97 Å². The van der Waals surface area contributed by atoms with Crippen LogP contribution in [0.25, 0.3) is 0 Å². The highest BCUT2D eigenvalue weighted by Crippen LogP contribution is 2.38. The first kappa shape index (κ1) is 73.5. The molecule has 1 amide bonds. The zero-order valence-corrected chi connectivity index (χ0v) is 51.3. The predicted molar refractivity (Wildman–Crippen MR) is 325 cm³/mol. The van der Waals surface area contributed by atoms with E-state index in [0.29, 0.717) is 17.4 Å². The summed E-state index contributed by atoms with van der Waals surface area (Å²) >= 11 is 0. The van der Waals surface area contributed by atoms with Gasteiger partial charge in [-0.05, 0) is 96.0 Å². The van der Waals surface area contributed by atoms with E-state index in [-0.39, 0.29) is 24.9 Å². The predicted octanol–water partition coefficient (Wildman–Crippen LogP) is 19.0. The van der Waals surface area contributed by atoms with E-state index < -0.39 is 26.6 Å². The number of phosphoric acid groups is 1.